The fourth-order valence-corrected chi connectivity index (χ4v) is 5.80. The number of nitrogens with zero attached hydrogens (tertiary/aromatic N) is 2. The molecular formula is C32H36BN3O5. The highest BCUT2D eigenvalue weighted by molar-refractivity contribution is 6.59. The molecule has 0 unspecified atom stereocenters. The molecule has 8 nitrogen and oxygen atoms in total. The molecule has 5 rings (SSSR count). The summed E-state index contributed by atoms with van der Waals surface area (Å²) in [5, 5.41) is 20.2. The maximum Gasteiger partial charge on any atom is 0.488 e. The van der Waals surface area contributed by atoms with Gasteiger partial charge >= 0.3 is 12.7 Å². The van der Waals surface area contributed by atoms with Crippen LogP contribution in [0.3, 0.4) is 0 Å². The van der Waals surface area contributed by atoms with Gasteiger partial charge in [-0.3, -0.25) is 4.79 Å². The van der Waals surface area contributed by atoms with Crippen molar-refractivity contribution < 1.29 is 19.3 Å². The fourth-order valence-electron chi connectivity index (χ4n) is 5.80. The standard InChI is InChI=1S/C32H36BN3O5/c1-21-27-11-10-26(35(2)20-25-7-3-4-9-29(25)33(39)40)17-30(27)41-32(38)28(21)18-31(37)36-14-12-23(13-15-36)24-8-5-6-22(16-24)19-34/h3-11,16-17,23,39-40H,12-15,18-20,34H2,1-2H3. The van der Waals surface area contributed by atoms with E-state index in [0.29, 0.717) is 48.7 Å². The molecular weight excluding hydrogens is 517 g/mol. The topological polar surface area (TPSA) is 120 Å². The molecule has 2 heterocycles. The first-order chi connectivity index (χ1) is 19.7. The molecule has 4 N–H and O–H groups in total. The summed E-state index contributed by atoms with van der Waals surface area (Å²) in [5.74, 6) is 0.336. The minimum Gasteiger partial charge on any atom is -0.423 e. The number of amides is 1. The number of hydrogen-bond donors (Lipinski definition) is 3. The largest absolute Gasteiger partial charge is 0.488 e. The van der Waals surface area contributed by atoms with Crippen LogP contribution in [0, 0.1) is 6.92 Å². The van der Waals surface area contributed by atoms with Gasteiger partial charge in [0.2, 0.25) is 5.91 Å². The van der Waals surface area contributed by atoms with Crippen LogP contribution in [-0.2, 0) is 24.3 Å². The van der Waals surface area contributed by atoms with Crippen LogP contribution in [0.4, 0.5) is 5.69 Å². The number of hydrogen-bond acceptors (Lipinski definition) is 7. The molecule has 0 spiro atoms. The summed E-state index contributed by atoms with van der Waals surface area (Å²) in [6, 6.07) is 21.2. The van der Waals surface area contributed by atoms with Crippen LogP contribution in [0.25, 0.3) is 11.0 Å². The number of carbonyl (C=O) groups is 1. The zero-order valence-corrected chi connectivity index (χ0v) is 23.5. The minimum atomic E-state index is -1.56. The lowest BCUT2D eigenvalue weighted by atomic mass is 9.77. The Bertz CT molecular complexity index is 1610. The van der Waals surface area contributed by atoms with Crippen molar-refractivity contribution in [3.05, 3.63) is 105 Å². The Morgan fingerprint density at radius 1 is 1.07 bits per heavy atom. The van der Waals surface area contributed by atoms with Crippen molar-refractivity contribution in [1.82, 2.24) is 4.90 Å². The zero-order chi connectivity index (χ0) is 29.1. The van der Waals surface area contributed by atoms with Crippen molar-refractivity contribution in [3.8, 4) is 0 Å². The second-order valence-corrected chi connectivity index (χ2v) is 10.9. The van der Waals surface area contributed by atoms with E-state index >= 15 is 0 Å². The van der Waals surface area contributed by atoms with Crippen LogP contribution in [0.15, 0.2) is 75.9 Å². The Hall–Kier alpha value is -3.92. The summed E-state index contributed by atoms with van der Waals surface area (Å²) in [6.45, 7) is 4.12. The van der Waals surface area contributed by atoms with Gasteiger partial charge in [0, 0.05) is 50.4 Å². The van der Waals surface area contributed by atoms with Gasteiger partial charge in [-0.05, 0) is 65.5 Å². The van der Waals surface area contributed by atoms with E-state index < -0.39 is 12.7 Å². The molecule has 1 fully saturated rings. The van der Waals surface area contributed by atoms with E-state index in [1.807, 2.05) is 60.2 Å². The lowest BCUT2D eigenvalue weighted by Crippen LogP contribution is -2.39. The van der Waals surface area contributed by atoms with Gasteiger partial charge in [-0.2, -0.15) is 0 Å². The second kappa shape index (κ2) is 12.3. The number of fused-ring (bicyclic) bond motifs is 1. The predicted octanol–water partition coefficient (Wildman–Crippen LogP) is 2.83. The quantitative estimate of drug-likeness (QED) is 0.227. The van der Waals surface area contributed by atoms with Gasteiger partial charge in [-0.15, -0.1) is 0 Å². The van der Waals surface area contributed by atoms with E-state index in [2.05, 4.69) is 12.1 Å². The molecule has 3 aromatic carbocycles. The maximum absolute atomic E-state index is 13.2. The first-order valence-corrected chi connectivity index (χ1v) is 14.0. The number of carbonyl (C=O) groups excluding carboxylic acids is 1. The highest BCUT2D eigenvalue weighted by Crippen LogP contribution is 2.30. The highest BCUT2D eigenvalue weighted by atomic mass is 16.4. The third-order valence-corrected chi connectivity index (χ3v) is 8.29. The summed E-state index contributed by atoms with van der Waals surface area (Å²) in [6.07, 6.45) is 1.77. The number of anilines is 1. The Balaban J connectivity index is 1.28. The number of likely N-dealkylation sites (tertiary alicyclic amines) is 1. The first kappa shape index (κ1) is 28.6. The van der Waals surface area contributed by atoms with Crippen molar-refractivity contribution in [2.24, 2.45) is 5.73 Å². The van der Waals surface area contributed by atoms with Crippen LogP contribution in [0.2, 0.25) is 0 Å². The average Bonchev–Trinajstić information content (AvgIpc) is 2.99. The number of rotatable bonds is 8. The van der Waals surface area contributed by atoms with Crippen molar-refractivity contribution >= 4 is 35.1 Å². The third kappa shape index (κ3) is 6.22. The predicted molar refractivity (Wildman–Crippen MR) is 162 cm³/mol. The number of benzene rings is 3. The van der Waals surface area contributed by atoms with Gasteiger partial charge in [0.15, 0.2) is 0 Å². The molecule has 1 aromatic heterocycles. The monoisotopic (exact) mass is 553 g/mol. The zero-order valence-electron chi connectivity index (χ0n) is 23.5. The normalized spacial score (nSPS) is 13.9. The van der Waals surface area contributed by atoms with E-state index in [1.165, 1.54) is 5.56 Å². The molecule has 9 heteroatoms. The van der Waals surface area contributed by atoms with E-state index in [1.54, 1.807) is 18.2 Å². The van der Waals surface area contributed by atoms with Gasteiger partial charge in [-0.25, -0.2) is 4.79 Å². The molecule has 0 radical (unpaired) electrons. The van der Waals surface area contributed by atoms with Crippen molar-refractivity contribution in [3.63, 3.8) is 0 Å². The molecule has 0 aliphatic carbocycles. The molecule has 41 heavy (non-hydrogen) atoms. The summed E-state index contributed by atoms with van der Waals surface area (Å²) < 4.78 is 5.72. The average molecular weight is 553 g/mol. The molecule has 1 saturated heterocycles. The SMILES string of the molecule is Cc1c(CC(=O)N2CCC(c3cccc(CN)c3)CC2)c(=O)oc2cc(N(C)Cc3ccccc3B(O)O)ccc12. The van der Waals surface area contributed by atoms with E-state index in [0.717, 1.165) is 40.6 Å². The van der Waals surface area contributed by atoms with Crippen LogP contribution in [-0.4, -0.2) is 48.1 Å². The third-order valence-electron chi connectivity index (χ3n) is 8.29. The molecule has 1 aliphatic rings. The lowest BCUT2D eigenvalue weighted by molar-refractivity contribution is -0.131. The summed E-state index contributed by atoms with van der Waals surface area (Å²) in [5.41, 5.74) is 11.3. The van der Waals surface area contributed by atoms with Crippen LogP contribution in [0.5, 0.6) is 0 Å². The molecule has 0 bridgehead atoms. The van der Waals surface area contributed by atoms with Gasteiger partial charge < -0.3 is 30.0 Å². The van der Waals surface area contributed by atoms with Crippen LogP contribution in [0.1, 0.15) is 46.6 Å². The van der Waals surface area contributed by atoms with Gasteiger partial charge in [0.1, 0.15) is 5.58 Å². The smallest absolute Gasteiger partial charge is 0.423 e. The summed E-state index contributed by atoms with van der Waals surface area (Å²) >= 11 is 0. The lowest BCUT2D eigenvalue weighted by Gasteiger charge is -2.32. The van der Waals surface area contributed by atoms with Gasteiger partial charge in [-0.1, -0.05) is 48.5 Å². The Kier molecular flexibility index (Phi) is 8.58. The minimum absolute atomic E-state index is 0.0133. The fraction of sp³-hybridized carbons (Fsp3) is 0.312. The maximum atomic E-state index is 13.2. The highest BCUT2D eigenvalue weighted by Gasteiger charge is 2.26. The van der Waals surface area contributed by atoms with Crippen molar-refractivity contribution in [2.45, 2.75) is 45.2 Å². The number of nitrogens with two attached hydrogens (primary N) is 1. The van der Waals surface area contributed by atoms with Crippen LogP contribution >= 0.6 is 0 Å². The van der Waals surface area contributed by atoms with Gasteiger partial charge in [0.25, 0.3) is 0 Å². The molecule has 1 aliphatic heterocycles. The number of piperidine rings is 1. The van der Waals surface area contributed by atoms with Crippen molar-refractivity contribution in [2.75, 3.05) is 25.0 Å². The molecule has 0 saturated carbocycles. The summed E-state index contributed by atoms with van der Waals surface area (Å²) in [4.78, 5) is 30.1. The van der Waals surface area contributed by atoms with E-state index in [9.17, 15) is 19.6 Å². The summed E-state index contributed by atoms with van der Waals surface area (Å²) in [7, 11) is 0.329. The molecule has 4 aromatic rings. The Morgan fingerprint density at radius 3 is 2.56 bits per heavy atom. The first-order valence-electron chi connectivity index (χ1n) is 14.0. The van der Waals surface area contributed by atoms with E-state index in [-0.39, 0.29) is 12.3 Å². The molecule has 212 valence electrons. The molecule has 0 atom stereocenters. The molecule has 1 amide bonds. The van der Waals surface area contributed by atoms with Crippen molar-refractivity contribution in [1.29, 1.82) is 0 Å². The second-order valence-electron chi connectivity index (χ2n) is 10.9. The van der Waals surface area contributed by atoms with E-state index in [4.69, 9.17) is 10.2 Å². The number of aryl methyl sites for hydroxylation is 1. The Labute approximate surface area is 240 Å². The Morgan fingerprint density at radius 2 is 1.83 bits per heavy atom. The van der Waals surface area contributed by atoms with Crippen LogP contribution < -0.4 is 21.7 Å². The van der Waals surface area contributed by atoms with Gasteiger partial charge in [0.05, 0.1) is 12.0 Å².